The van der Waals surface area contributed by atoms with Gasteiger partial charge in [0.2, 0.25) is 5.91 Å². The van der Waals surface area contributed by atoms with Gasteiger partial charge in [0.15, 0.2) is 0 Å². The van der Waals surface area contributed by atoms with Crippen molar-refractivity contribution in [2.45, 2.75) is 31.0 Å². The van der Waals surface area contributed by atoms with Gasteiger partial charge in [-0.3, -0.25) is 4.79 Å². The first-order valence-electron chi connectivity index (χ1n) is 8.43. The predicted molar refractivity (Wildman–Crippen MR) is 105 cm³/mol. The van der Waals surface area contributed by atoms with Gasteiger partial charge in [0.1, 0.15) is 6.04 Å². The molecule has 0 bridgehead atoms. The average molecular weight is 408 g/mol. The second-order valence-electron chi connectivity index (χ2n) is 6.48. The van der Waals surface area contributed by atoms with E-state index in [1.54, 1.807) is 12.1 Å². The van der Waals surface area contributed by atoms with Gasteiger partial charge >= 0.3 is 5.97 Å². The molecular formula is C19H19Cl2N3O3. The number of aliphatic carboxylic acids is 1. The third-order valence-electron chi connectivity index (χ3n) is 4.49. The van der Waals surface area contributed by atoms with Crippen molar-refractivity contribution in [3.8, 4) is 0 Å². The number of hydrogen-bond donors (Lipinski definition) is 4. The van der Waals surface area contributed by atoms with Crippen molar-refractivity contribution in [1.82, 2.24) is 5.32 Å². The van der Waals surface area contributed by atoms with Gasteiger partial charge in [-0.2, -0.15) is 0 Å². The average Bonchev–Trinajstić information content (AvgIpc) is 2.61. The van der Waals surface area contributed by atoms with E-state index in [1.165, 1.54) is 0 Å². The molecule has 3 atom stereocenters. The number of hydrogen-bond acceptors (Lipinski definition) is 4. The van der Waals surface area contributed by atoms with Crippen molar-refractivity contribution in [3.05, 3.63) is 63.6 Å². The van der Waals surface area contributed by atoms with Crippen molar-refractivity contribution in [2.24, 2.45) is 5.73 Å². The summed E-state index contributed by atoms with van der Waals surface area (Å²) in [5, 5.41) is 15.9. The minimum Gasteiger partial charge on any atom is -0.480 e. The predicted octanol–water partition coefficient (Wildman–Crippen LogP) is 2.99. The van der Waals surface area contributed by atoms with E-state index in [4.69, 9.17) is 28.9 Å². The number of benzene rings is 2. The molecule has 27 heavy (non-hydrogen) atoms. The number of carbonyl (C=O) groups excluding carboxylic acids is 1. The Morgan fingerprint density at radius 1 is 1.26 bits per heavy atom. The van der Waals surface area contributed by atoms with E-state index in [1.807, 2.05) is 30.3 Å². The summed E-state index contributed by atoms with van der Waals surface area (Å²) in [4.78, 5) is 24.1. The molecule has 1 amide bonds. The van der Waals surface area contributed by atoms with Gasteiger partial charge in [0.05, 0.1) is 12.1 Å². The molecule has 6 nitrogen and oxygen atoms in total. The molecule has 5 N–H and O–H groups in total. The standard InChI is InChI=1S/C19H19Cl2N3O3/c20-11-7-12(21)17-14(8-11)23-16(19(26)27)9-15(17)24-18(25)13(22)6-10-4-2-1-3-5-10/h1-5,7-8,13,15-16,23H,6,9,22H2,(H,24,25)(H,26,27)/t13-,15+,16+/m0/s1. The minimum atomic E-state index is -1.02. The number of amides is 1. The van der Waals surface area contributed by atoms with Crippen LogP contribution in [0.2, 0.25) is 10.0 Å². The van der Waals surface area contributed by atoms with Crippen LogP contribution in [0.1, 0.15) is 23.6 Å². The van der Waals surface area contributed by atoms with Crippen molar-refractivity contribution >= 4 is 40.8 Å². The van der Waals surface area contributed by atoms with Crippen LogP contribution in [-0.2, 0) is 16.0 Å². The quantitative estimate of drug-likeness (QED) is 0.609. The molecule has 0 unspecified atom stereocenters. The molecule has 0 fully saturated rings. The summed E-state index contributed by atoms with van der Waals surface area (Å²) in [5.74, 6) is -1.39. The van der Waals surface area contributed by atoms with Crippen molar-refractivity contribution < 1.29 is 14.7 Å². The Hall–Kier alpha value is -2.28. The highest BCUT2D eigenvalue weighted by atomic mass is 35.5. The lowest BCUT2D eigenvalue weighted by Gasteiger charge is -2.33. The maximum absolute atomic E-state index is 12.6. The van der Waals surface area contributed by atoms with Gasteiger partial charge in [-0.1, -0.05) is 53.5 Å². The molecular weight excluding hydrogens is 389 g/mol. The fraction of sp³-hybridized carbons (Fsp3) is 0.263. The number of nitrogens with two attached hydrogens (primary N) is 1. The molecule has 3 rings (SSSR count). The first-order valence-corrected chi connectivity index (χ1v) is 9.19. The Morgan fingerprint density at radius 3 is 2.63 bits per heavy atom. The number of halogens is 2. The molecule has 8 heteroatoms. The molecule has 1 aliphatic rings. The van der Waals surface area contributed by atoms with Crippen LogP contribution in [0, 0.1) is 0 Å². The van der Waals surface area contributed by atoms with Gasteiger partial charge in [0, 0.05) is 27.7 Å². The summed E-state index contributed by atoms with van der Waals surface area (Å²) in [6.07, 6.45) is 0.523. The number of anilines is 1. The number of rotatable bonds is 5. The molecule has 2 aromatic rings. The van der Waals surface area contributed by atoms with Crippen molar-refractivity contribution in [3.63, 3.8) is 0 Å². The number of fused-ring (bicyclic) bond motifs is 1. The molecule has 1 aliphatic heterocycles. The van der Waals surface area contributed by atoms with Crippen LogP contribution in [0.25, 0.3) is 0 Å². The van der Waals surface area contributed by atoms with Crippen LogP contribution < -0.4 is 16.4 Å². The van der Waals surface area contributed by atoms with E-state index in [0.29, 0.717) is 27.7 Å². The van der Waals surface area contributed by atoms with E-state index in [2.05, 4.69) is 10.6 Å². The van der Waals surface area contributed by atoms with Crippen molar-refractivity contribution in [2.75, 3.05) is 5.32 Å². The number of carboxylic acids is 1. The van der Waals surface area contributed by atoms with E-state index in [-0.39, 0.29) is 12.3 Å². The van der Waals surface area contributed by atoms with E-state index in [0.717, 1.165) is 5.56 Å². The summed E-state index contributed by atoms with van der Waals surface area (Å²) in [6.45, 7) is 0. The topological polar surface area (TPSA) is 104 Å². The maximum atomic E-state index is 12.6. The minimum absolute atomic E-state index is 0.146. The number of carbonyl (C=O) groups is 2. The number of carboxylic acid groups (broad SMARTS) is 1. The van der Waals surface area contributed by atoms with Crippen LogP contribution in [0.3, 0.4) is 0 Å². The smallest absolute Gasteiger partial charge is 0.326 e. The summed E-state index contributed by atoms with van der Waals surface area (Å²) >= 11 is 12.3. The van der Waals surface area contributed by atoms with Crippen LogP contribution in [0.15, 0.2) is 42.5 Å². The molecule has 0 saturated heterocycles. The highest BCUT2D eigenvalue weighted by Crippen LogP contribution is 2.39. The van der Waals surface area contributed by atoms with Crippen LogP contribution in [0.4, 0.5) is 5.69 Å². The van der Waals surface area contributed by atoms with Gasteiger partial charge in [-0.15, -0.1) is 0 Å². The molecule has 2 aromatic carbocycles. The zero-order valence-electron chi connectivity index (χ0n) is 14.3. The van der Waals surface area contributed by atoms with Crippen LogP contribution in [0.5, 0.6) is 0 Å². The van der Waals surface area contributed by atoms with Gasteiger partial charge in [0.25, 0.3) is 0 Å². The zero-order valence-corrected chi connectivity index (χ0v) is 15.8. The first-order chi connectivity index (χ1) is 12.8. The van der Waals surface area contributed by atoms with Gasteiger partial charge in [-0.05, 0) is 24.1 Å². The van der Waals surface area contributed by atoms with E-state index in [9.17, 15) is 14.7 Å². The first kappa shape index (κ1) is 19.5. The summed E-state index contributed by atoms with van der Waals surface area (Å²) in [5.41, 5.74) is 8.09. The summed E-state index contributed by atoms with van der Waals surface area (Å²) in [6, 6.07) is 10.4. The van der Waals surface area contributed by atoms with Crippen LogP contribution >= 0.6 is 23.2 Å². The van der Waals surface area contributed by atoms with Gasteiger partial charge in [-0.25, -0.2) is 4.79 Å². The van der Waals surface area contributed by atoms with Gasteiger partial charge < -0.3 is 21.5 Å². The Bertz CT molecular complexity index is 861. The summed E-state index contributed by atoms with van der Waals surface area (Å²) < 4.78 is 0. The summed E-state index contributed by atoms with van der Waals surface area (Å²) in [7, 11) is 0. The zero-order chi connectivity index (χ0) is 19.6. The third kappa shape index (κ3) is 4.53. The fourth-order valence-electron chi connectivity index (χ4n) is 3.19. The Balaban J connectivity index is 1.80. The van der Waals surface area contributed by atoms with E-state index >= 15 is 0 Å². The Labute approximate surface area is 166 Å². The molecule has 0 aromatic heterocycles. The Morgan fingerprint density at radius 2 is 1.96 bits per heavy atom. The highest BCUT2D eigenvalue weighted by Gasteiger charge is 2.34. The monoisotopic (exact) mass is 407 g/mol. The molecule has 0 saturated carbocycles. The second kappa shape index (κ2) is 8.17. The van der Waals surface area contributed by atoms with Crippen molar-refractivity contribution in [1.29, 1.82) is 0 Å². The third-order valence-corrected chi connectivity index (χ3v) is 5.02. The maximum Gasteiger partial charge on any atom is 0.326 e. The normalized spacial score (nSPS) is 19.5. The molecule has 142 valence electrons. The largest absolute Gasteiger partial charge is 0.480 e. The SMILES string of the molecule is N[C@@H](Cc1ccccc1)C(=O)N[C@@H]1C[C@H](C(=O)O)Nc2cc(Cl)cc(Cl)c21. The number of nitrogens with one attached hydrogen (secondary N) is 2. The molecule has 0 spiro atoms. The molecule has 0 aliphatic carbocycles. The fourth-order valence-corrected chi connectivity index (χ4v) is 3.82. The van der Waals surface area contributed by atoms with E-state index < -0.39 is 24.1 Å². The molecule has 0 radical (unpaired) electrons. The highest BCUT2D eigenvalue weighted by molar-refractivity contribution is 6.35. The second-order valence-corrected chi connectivity index (χ2v) is 7.32. The Kier molecular flexibility index (Phi) is 5.89. The lowest BCUT2D eigenvalue weighted by atomic mass is 9.92. The van der Waals surface area contributed by atoms with Crippen LogP contribution in [-0.4, -0.2) is 29.1 Å². The lowest BCUT2D eigenvalue weighted by molar-refractivity contribution is -0.138. The molecule has 1 heterocycles. The lowest BCUT2D eigenvalue weighted by Crippen LogP contribution is -2.47.